The number of hydrogen-bond acceptors (Lipinski definition) is 2. The average Bonchev–Trinajstić information content (AvgIpc) is 2.23. The fraction of sp³-hybridized carbons (Fsp3) is 0.154. The van der Waals surface area contributed by atoms with Gasteiger partial charge in [0.15, 0.2) is 0 Å². The summed E-state index contributed by atoms with van der Waals surface area (Å²) in [7, 11) is 0. The van der Waals surface area contributed by atoms with E-state index in [4.69, 9.17) is 5.73 Å². The molecule has 2 rings (SSSR count). The van der Waals surface area contributed by atoms with Crippen LogP contribution in [-0.4, -0.2) is 4.98 Å². The van der Waals surface area contributed by atoms with E-state index in [9.17, 15) is 0 Å². The van der Waals surface area contributed by atoms with Crippen molar-refractivity contribution < 1.29 is 0 Å². The Morgan fingerprint density at radius 2 is 1.87 bits per heavy atom. The SMILES string of the molecule is Cc1ccc(C)c(-c2ccc(N)cn2)c1. The molecule has 15 heavy (non-hydrogen) atoms. The van der Waals surface area contributed by atoms with Gasteiger partial charge < -0.3 is 5.73 Å². The van der Waals surface area contributed by atoms with Crippen LogP contribution in [0, 0.1) is 13.8 Å². The quantitative estimate of drug-likeness (QED) is 0.765. The third kappa shape index (κ3) is 1.99. The maximum Gasteiger partial charge on any atom is 0.0706 e. The summed E-state index contributed by atoms with van der Waals surface area (Å²) in [6.45, 7) is 4.17. The second-order valence-corrected chi connectivity index (χ2v) is 3.80. The molecule has 0 spiro atoms. The van der Waals surface area contributed by atoms with Crippen LogP contribution in [0.15, 0.2) is 36.5 Å². The zero-order valence-corrected chi connectivity index (χ0v) is 8.99. The average molecular weight is 198 g/mol. The van der Waals surface area contributed by atoms with E-state index in [2.05, 4.69) is 37.0 Å². The number of benzene rings is 1. The second-order valence-electron chi connectivity index (χ2n) is 3.80. The molecule has 0 fully saturated rings. The number of nitrogens with two attached hydrogens (primary N) is 1. The van der Waals surface area contributed by atoms with E-state index in [1.807, 2.05) is 12.1 Å². The number of anilines is 1. The number of nitrogen functional groups attached to an aromatic ring is 1. The molecule has 0 bridgehead atoms. The Hall–Kier alpha value is -1.83. The lowest BCUT2D eigenvalue weighted by Gasteiger charge is -2.06. The lowest BCUT2D eigenvalue weighted by atomic mass is 10.0. The van der Waals surface area contributed by atoms with Crippen molar-refractivity contribution in [3.8, 4) is 11.3 Å². The molecule has 1 aromatic heterocycles. The lowest BCUT2D eigenvalue weighted by Crippen LogP contribution is -1.90. The second kappa shape index (κ2) is 3.73. The number of nitrogens with zero attached hydrogens (tertiary/aromatic N) is 1. The topological polar surface area (TPSA) is 38.9 Å². The normalized spacial score (nSPS) is 10.3. The van der Waals surface area contributed by atoms with Crippen molar-refractivity contribution in [3.63, 3.8) is 0 Å². The van der Waals surface area contributed by atoms with Gasteiger partial charge in [-0.2, -0.15) is 0 Å². The van der Waals surface area contributed by atoms with Crippen LogP contribution in [-0.2, 0) is 0 Å². The minimum atomic E-state index is 0.698. The maximum atomic E-state index is 5.61. The van der Waals surface area contributed by atoms with Gasteiger partial charge in [-0.3, -0.25) is 4.98 Å². The molecule has 76 valence electrons. The molecule has 0 amide bonds. The van der Waals surface area contributed by atoms with E-state index in [1.165, 1.54) is 16.7 Å². The van der Waals surface area contributed by atoms with Crippen LogP contribution in [0.3, 0.4) is 0 Å². The standard InChI is InChI=1S/C13H14N2/c1-9-3-4-10(2)12(7-9)13-6-5-11(14)8-15-13/h3-8H,14H2,1-2H3. The minimum absolute atomic E-state index is 0.698. The van der Waals surface area contributed by atoms with E-state index >= 15 is 0 Å². The van der Waals surface area contributed by atoms with E-state index in [0.29, 0.717) is 5.69 Å². The molecule has 1 heterocycles. The van der Waals surface area contributed by atoms with Gasteiger partial charge in [-0.15, -0.1) is 0 Å². The first-order valence-electron chi connectivity index (χ1n) is 4.96. The molecule has 0 atom stereocenters. The van der Waals surface area contributed by atoms with Gasteiger partial charge in [0.25, 0.3) is 0 Å². The molecule has 0 aliphatic heterocycles. The van der Waals surface area contributed by atoms with Crippen LogP contribution >= 0.6 is 0 Å². The first-order valence-corrected chi connectivity index (χ1v) is 4.96. The number of aromatic nitrogens is 1. The Labute approximate surface area is 89.8 Å². The predicted molar refractivity (Wildman–Crippen MR) is 63.6 cm³/mol. The van der Waals surface area contributed by atoms with Crippen LogP contribution in [0.25, 0.3) is 11.3 Å². The highest BCUT2D eigenvalue weighted by Crippen LogP contribution is 2.22. The molecule has 0 radical (unpaired) electrons. The summed E-state index contributed by atoms with van der Waals surface area (Å²) in [5.74, 6) is 0. The Balaban J connectivity index is 2.53. The van der Waals surface area contributed by atoms with Crippen LogP contribution in [0.5, 0.6) is 0 Å². The van der Waals surface area contributed by atoms with Crippen molar-refractivity contribution in [3.05, 3.63) is 47.7 Å². The minimum Gasteiger partial charge on any atom is -0.397 e. The fourth-order valence-electron chi connectivity index (χ4n) is 1.58. The first kappa shape index (κ1) is 9.71. The van der Waals surface area contributed by atoms with Crippen molar-refractivity contribution >= 4 is 5.69 Å². The summed E-state index contributed by atoms with van der Waals surface area (Å²) in [4.78, 5) is 4.33. The number of hydrogen-bond donors (Lipinski definition) is 1. The van der Waals surface area contributed by atoms with Crippen LogP contribution in [0.2, 0.25) is 0 Å². The number of pyridine rings is 1. The molecular weight excluding hydrogens is 184 g/mol. The van der Waals surface area contributed by atoms with Crippen molar-refractivity contribution in [2.45, 2.75) is 13.8 Å². The molecule has 2 aromatic rings. The van der Waals surface area contributed by atoms with Gasteiger partial charge in [0.05, 0.1) is 17.6 Å². The van der Waals surface area contributed by atoms with Gasteiger partial charge >= 0.3 is 0 Å². The first-order chi connectivity index (χ1) is 7.16. The summed E-state index contributed by atoms with van der Waals surface area (Å²) in [6.07, 6.45) is 1.69. The van der Waals surface area contributed by atoms with Crippen LogP contribution in [0.4, 0.5) is 5.69 Å². The van der Waals surface area contributed by atoms with Gasteiger partial charge in [0.2, 0.25) is 0 Å². The number of aryl methyl sites for hydroxylation is 2. The molecule has 0 saturated carbocycles. The van der Waals surface area contributed by atoms with Gasteiger partial charge in [0.1, 0.15) is 0 Å². The Morgan fingerprint density at radius 1 is 1.07 bits per heavy atom. The number of rotatable bonds is 1. The third-order valence-corrected chi connectivity index (χ3v) is 2.46. The lowest BCUT2D eigenvalue weighted by molar-refractivity contribution is 1.30. The maximum absolute atomic E-state index is 5.61. The summed E-state index contributed by atoms with van der Waals surface area (Å²) >= 11 is 0. The Morgan fingerprint density at radius 3 is 2.53 bits per heavy atom. The smallest absolute Gasteiger partial charge is 0.0706 e. The molecule has 0 aliphatic carbocycles. The van der Waals surface area contributed by atoms with Crippen LogP contribution in [0.1, 0.15) is 11.1 Å². The highest BCUT2D eigenvalue weighted by Gasteiger charge is 2.02. The highest BCUT2D eigenvalue weighted by molar-refractivity contribution is 5.65. The molecule has 1 aromatic carbocycles. The zero-order valence-electron chi connectivity index (χ0n) is 8.99. The van der Waals surface area contributed by atoms with Crippen molar-refractivity contribution in [2.24, 2.45) is 0 Å². The predicted octanol–water partition coefficient (Wildman–Crippen LogP) is 2.95. The molecule has 2 N–H and O–H groups in total. The molecule has 0 saturated heterocycles. The zero-order chi connectivity index (χ0) is 10.8. The summed E-state index contributed by atoms with van der Waals surface area (Å²) in [5, 5.41) is 0. The van der Waals surface area contributed by atoms with E-state index in [1.54, 1.807) is 6.20 Å². The largest absolute Gasteiger partial charge is 0.397 e. The molecule has 0 aliphatic rings. The summed E-state index contributed by atoms with van der Waals surface area (Å²) < 4.78 is 0. The summed E-state index contributed by atoms with van der Waals surface area (Å²) in [6, 6.07) is 10.2. The molecule has 0 unspecified atom stereocenters. The van der Waals surface area contributed by atoms with E-state index < -0.39 is 0 Å². The van der Waals surface area contributed by atoms with Crippen LogP contribution < -0.4 is 5.73 Å². The van der Waals surface area contributed by atoms with Crippen molar-refractivity contribution in [1.29, 1.82) is 0 Å². The summed E-state index contributed by atoms with van der Waals surface area (Å²) in [5.41, 5.74) is 10.9. The van der Waals surface area contributed by atoms with Crippen molar-refractivity contribution in [2.75, 3.05) is 5.73 Å². The van der Waals surface area contributed by atoms with Gasteiger partial charge in [-0.05, 0) is 37.6 Å². The van der Waals surface area contributed by atoms with Gasteiger partial charge in [-0.25, -0.2) is 0 Å². The van der Waals surface area contributed by atoms with E-state index in [0.717, 1.165) is 5.69 Å². The Kier molecular flexibility index (Phi) is 2.42. The molecule has 2 heteroatoms. The van der Waals surface area contributed by atoms with Gasteiger partial charge in [-0.1, -0.05) is 17.7 Å². The molecule has 2 nitrogen and oxygen atoms in total. The van der Waals surface area contributed by atoms with Gasteiger partial charge in [0, 0.05) is 5.56 Å². The third-order valence-electron chi connectivity index (χ3n) is 2.46. The van der Waals surface area contributed by atoms with E-state index in [-0.39, 0.29) is 0 Å². The molecular formula is C13H14N2. The van der Waals surface area contributed by atoms with Crippen molar-refractivity contribution in [1.82, 2.24) is 4.98 Å². The monoisotopic (exact) mass is 198 g/mol. The Bertz CT molecular complexity index is 472. The highest BCUT2D eigenvalue weighted by atomic mass is 14.7. The fourth-order valence-corrected chi connectivity index (χ4v) is 1.58.